The zero-order chi connectivity index (χ0) is 21.0. The van der Waals surface area contributed by atoms with E-state index in [0.717, 1.165) is 47.4 Å². The molecule has 4 aromatic rings. The third kappa shape index (κ3) is 4.07. The van der Waals surface area contributed by atoms with Gasteiger partial charge >= 0.3 is 0 Å². The number of nitrogens with one attached hydrogen (secondary N) is 1. The highest BCUT2D eigenvalue weighted by molar-refractivity contribution is 6.07. The molecular weight excluding hydrogens is 388 g/mol. The Hall–Kier alpha value is -3.87. The molecule has 3 aromatic heterocycles. The largest absolute Gasteiger partial charge is 0.353 e. The van der Waals surface area contributed by atoms with Gasteiger partial charge in [-0.25, -0.2) is 9.97 Å². The third-order valence-electron chi connectivity index (χ3n) is 5.55. The van der Waals surface area contributed by atoms with Crippen LogP contribution in [0.25, 0.3) is 22.2 Å². The summed E-state index contributed by atoms with van der Waals surface area (Å²) >= 11 is 0. The normalized spacial score (nSPS) is 16.3. The van der Waals surface area contributed by atoms with Crippen LogP contribution in [0, 0.1) is 0 Å². The molecule has 1 aliphatic rings. The lowest BCUT2D eigenvalue weighted by atomic mass is 10.0. The number of rotatable bonds is 4. The summed E-state index contributed by atoms with van der Waals surface area (Å²) in [6, 6.07) is 13.5. The second-order valence-electron chi connectivity index (χ2n) is 7.64. The molecule has 4 heterocycles. The third-order valence-corrected chi connectivity index (χ3v) is 5.55. The van der Waals surface area contributed by atoms with Gasteiger partial charge in [-0.1, -0.05) is 18.2 Å². The van der Waals surface area contributed by atoms with Crippen molar-refractivity contribution in [1.82, 2.24) is 25.3 Å². The van der Waals surface area contributed by atoms with Gasteiger partial charge < -0.3 is 10.2 Å². The topological polar surface area (TPSA) is 83.9 Å². The van der Waals surface area contributed by atoms with E-state index in [1.165, 1.54) is 0 Å². The van der Waals surface area contributed by atoms with Gasteiger partial charge in [0.1, 0.15) is 5.82 Å². The number of anilines is 1. The lowest BCUT2D eigenvalue weighted by Gasteiger charge is -2.33. The van der Waals surface area contributed by atoms with Crippen LogP contribution in [0.4, 0.5) is 5.82 Å². The molecule has 7 heteroatoms. The Morgan fingerprint density at radius 1 is 1.03 bits per heavy atom. The standard InChI is InChI=1S/C24H22N6O/c31-24(28-18-6-4-12-30(16-18)23-15-26-10-11-27-23)20-13-22(17-5-3-9-25-14-17)29-21-8-2-1-7-19(20)21/h1-3,5,7-11,13-15,18H,4,6,12,16H2,(H,28,31)/t18-/m0/s1. The van der Waals surface area contributed by atoms with Crippen molar-refractivity contribution < 1.29 is 4.79 Å². The van der Waals surface area contributed by atoms with Crippen LogP contribution in [0.1, 0.15) is 23.2 Å². The van der Waals surface area contributed by atoms with Crippen molar-refractivity contribution in [2.45, 2.75) is 18.9 Å². The molecule has 154 valence electrons. The van der Waals surface area contributed by atoms with Crippen LogP contribution < -0.4 is 10.2 Å². The van der Waals surface area contributed by atoms with Gasteiger partial charge in [-0.2, -0.15) is 0 Å². The van der Waals surface area contributed by atoms with Gasteiger partial charge in [0.2, 0.25) is 0 Å². The van der Waals surface area contributed by atoms with E-state index >= 15 is 0 Å². The predicted octanol–water partition coefficient (Wildman–Crippen LogP) is 3.49. The Balaban J connectivity index is 1.43. The van der Waals surface area contributed by atoms with Gasteiger partial charge in [0, 0.05) is 54.9 Å². The number of benzene rings is 1. The molecule has 1 amide bonds. The molecule has 0 spiro atoms. The molecule has 5 rings (SSSR count). The van der Waals surface area contributed by atoms with E-state index in [1.807, 2.05) is 42.5 Å². The van der Waals surface area contributed by atoms with Crippen LogP contribution >= 0.6 is 0 Å². The molecule has 1 fully saturated rings. The lowest BCUT2D eigenvalue weighted by molar-refractivity contribution is 0.0934. The zero-order valence-corrected chi connectivity index (χ0v) is 17.0. The van der Waals surface area contributed by atoms with Gasteiger partial charge in [-0.05, 0) is 37.1 Å². The summed E-state index contributed by atoms with van der Waals surface area (Å²) in [6.45, 7) is 1.62. The number of piperidine rings is 1. The van der Waals surface area contributed by atoms with Crippen molar-refractivity contribution in [3.05, 3.63) is 79.0 Å². The van der Waals surface area contributed by atoms with Crippen molar-refractivity contribution in [2.24, 2.45) is 0 Å². The lowest BCUT2D eigenvalue weighted by Crippen LogP contribution is -2.48. The number of aromatic nitrogens is 4. The molecule has 1 saturated heterocycles. The maximum atomic E-state index is 13.4. The van der Waals surface area contributed by atoms with Gasteiger partial charge in [0.15, 0.2) is 0 Å². The van der Waals surface area contributed by atoms with Gasteiger partial charge in [0.25, 0.3) is 5.91 Å². The number of carbonyl (C=O) groups excluding carboxylic acids is 1. The van der Waals surface area contributed by atoms with E-state index < -0.39 is 0 Å². The van der Waals surface area contributed by atoms with Crippen LogP contribution in [0.5, 0.6) is 0 Å². The molecule has 1 aliphatic heterocycles. The van der Waals surface area contributed by atoms with E-state index in [-0.39, 0.29) is 11.9 Å². The second kappa shape index (κ2) is 8.47. The Labute approximate surface area is 180 Å². The molecule has 1 N–H and O–H groups in total. The van der Waals surface area contributed by atoms with Gasteiger partial charge in [-0.3, -0.25) is 14.8 Å². The predicted molar refractivity (Wildman–Crippen MR) is 120 cm³/mol. The minimum atomic E-state index is -0.0882. The fourth-order valence-electron chi connectivity index (χ4n) is 4.05. The quantitative estimate of drug-likeness (QED) is 0.555. The van der Waals surface area contributed by atoms with E-state index in [4.69, 9.17) is 4.98 Å². The number of nitrogens with zero attached hydrogens (tertiary/aromatic N) is 5. The molecule has 1 atom stereocenters. The first-order valence-electron chi connectivity index (χ1n) is 10.4. The van der Waals surface area contributed by atoms with Crippen LogP contribution in [0.15, 0.2) is 73.4 Å². The molecule has 1 aromatic carbocycles. The number of amides is 1. The van der Waals surface area contributed by atoms with Crippen molar-refractivity contribution in [3.63, 3.8) is 0 Å². The summed E-state index contributed by atoms with van der Waals surface area (Å²) in [5.41, 5.74) is 3.04. The number of hydrogen-bond acceptors (Lipinski definition) is 6. The highest BCUT2D eigenvalue weighted by atomic mass is 16.1. The molecule has 0 saturated carbocycles. The first-order chi connectivity index (χ1) is 15.3. The summed E-state index contributed by atoms with van der Waals surface area (Å²) < 4.78 is 0. The van der Waals surface area contributed by atoms with Crippen molar-refractivity contribution in [3.8, 4) is 11.3 Å². The van der Waals surface area contributed by atoms with Gasteiger partial charge in [0.05, 0.1) is 23.0 Å². The molecular formula is C24H22N6O. The van der Waals surface area contributed by atoms with Crippen molar-refractivity contribution in [2.75, 3.05) is 18.0 Å². The number of hydrogen-bond donors (Lipinski definition) is 1. The Morgan fingerprint density at radius 2 is 1.94 bits per heavy atom. The van der Waals surface area contributed by atoms with E-state index in [1.54, 1.807) is 31.0 Å². The first-order valence-corrected chi connectivity index (χ1v) is 10.4. The molecule has 0 bridgehead atoms. The van der Waals surface area contributed by atoms with Crippen molar-refractivity contribution in [1.29, 1.82) is 0 Å². The first kappa shape index (κ1) is 19.1. The summed E-state index contributed by atoms with van der Waals surface area (Å²) in [6.07, 6.45) is 10.5. The second-order valence-corrected chi connectivity index (χ2v) is 7.64. The minimum absolute atomic E-state index is 0.0389. The van der Waals surface area contributed by atoms with Crippen LogP contribution in [-0.4, -0.2) is 45.0 Å². The Bertz CT molecular complexity index is 1200. The van der Waals surface area contributed by atoms with Crippen LogP contribution in [-0.2, 0) is 0 Å². The fraction of sp³-hybridized carbons (Fsp3) is 0.208. The minimum Gasteiger partial charge on any atom is -0.353 e. The summed E-state index contributed by atoms with van der Waals surface area (Å²) in [4.78, 5) is 33.0. The zero-order valence-electron chi connectivity index (χ0n) is 17.0. The summed E-state index contributed by atoms with van der Waals surface area (Å²) in [7, 11) is 0. The molecule has 31 heavy (non-hydrogen) atoms. The van der Waals surface area contributed by atoms with E-state index in [2.05, 4.69) is 25.2 Å². The Kier molecular flexibility index (Phi) is 5.22. The number of fused-ring (bicyclic) bond motifs is 1. The summed E-state index contributed by atoms with van der Waals surface area (Å²) in [5.74, 6) is 0.754. The van der Waals surface area contributed by atoms with Crippen molar-refractivity contribution >= 4 is 22.6 Å². The molecule has 0 radical (unpaired) electrons. The van der Waals surface area contributed by atoms with Gasteiger partial charge in [-0.15, -0.1) is 0 Å². The molecule has 0 aliphatic carbocycles. The monoisotopic (exact) mass is 410 g/mol. The summed E-state index contributed by atoms with van der Waals surface area (Å²) in [5, 5.41) is 4.08. The maximum Gasteiger partial charge on any atom is 0.252 e. The molecule has 7 nitrogen and oxygen atoms in total. The van der Waals surface area contributed by atoms with Crippen LogP contribution in [0.2, 0.25) is 0 Å². The Morgan fingerprint density at radius 3 is 2.77 bits per heavy atom. The number of pyridine rings is 2. The highest BCUT2D eigenvalue weighted by Crippen LogP contribution is 2.25. The van der Waals surface area contributed by atoms with E-state index in [0.29, 0.717) is 12.1 Å². The fourth-order valence-corrected chi connectivity index (χ4v) is 4.05. The SMILES string of the molecule is O=C(N[C@H]1CCCN(c2cnccn2)C1)c1cc(-c2cccnc2)nc2ccccc12. The molecule has 0 unspecified atom stereocenters. The maximum absolute atomic E-state index is 13.4. The van der Waals surface area contributed by atoms with E-state index in [9.17, 15) is 4.79 Å². The number of carbonyl (C=O) groups is 1. The van der Waals surface area contributed by atoms with Crippen LogP contribution in [0.3, 0.4) is 0 Å². The highest BCUT2D eigenvalue weighted by Gasteiger charge is 2.24. The number of para-hydroxylation sites is 1. The smallest absolute Gasteiger partial charge is 0.252 e. The average Bonchev–Trinajstić information content (AvgIpc) is 2.84. The average molecular weight is 410 g/mol.